The minimum Gasteiger partial charge on any atom is -0.509 e. The molecule has 0 aliphatic heterocycles. The molecular weight excluding hydrogens is 692 g/mol. The second-order valence-electron chi connectivity index (χ2n) is 16.5. The first-order valence-corrected chi connectivity index (χ1v) is 19.6. The van der Waals surface area contributed by atoms with Crippen molar-refractivity contribution in [2.45, 2.75) is 10.6 Å². The molecule has 268 valence electrons. The van der Waals surface area contributed by atoms with Crippen LogP contribution in [0.1, 0.15) is 5.82 Å². The van der Waals surface area contributed by atoms with E-state index in [1.807, 2.05) is 69.6 Å². The average molecular weight is 732 g/mol. The number of fused-ring (bicyclic) bond motifs is 4. The zero-order chi connectivity index (χ0) is 40.0. The summed E-state index contributed by atoms with van der Waals surface area (Å²) in [4.78, 5) is 5.16. The lowest BCUT2D eigenvalue weighted by Gasteiger charge is -2.38. The maximum atomic E-state index is 11.5. The number of nitrogens with zero attached hydrogens (tertiary/aromatic N) is 2. The molecule has 0 saturated carbocycles. The Bertz CT molecular complexity index is 3030. The quantitative estimate of drug-likeness (QED) is 0.136. The second kappa shape index (κ2) is 13.3. The number of hydrogen-bond acceptors (Lipinski definition) is 4. The zero-order valence-corrected chi connectivity index (χ0v) is 33.4. The molecule has 9 rings (SSSR count). The minimum absolute atomic E-state index is 0.194. The van der Waals surface area contributed by atoms with Crippen LogP contribution >= 0.6 is 0 Å². The van der Waals surface area contributed by atoms with Gasteiger partial charge in [0, 0.05) is 10.9 Å². The summed E-state index contributed by atoms with van der Waals surface area (Å²) in [5.41, 5.74) is 10.8. The van der Waals surface area contributed by atoms with E-state index in [9.17, 15) is 15.3 Å². The third kappa shape index (κ3) is 5.56. The van der Waals surface area contributed by atoms with Crippen molar-refractivity contribution in [2.24, 2.45) is 0 Å². The molecule has 9 aromatic rings. The molecule has 1 aromatic heterocycles. The Kier molecular flexibility index (Phi) is 8.56. The maximum Gasteiger partial charge on any atom is 0.145 e. The van der Waals surface area contributed by atoms with E-state index < -0.39 is 10.6 Å². The van der Waals surface area contributed by atoms with E-state index in [2.05, 4.69) is 123 Å². The van der Waals surface area contributed by atoms with Crippen LogP contribution in [0, 0.1) is 0 Å². The number of benzene rings is 8. The first-order valence-electron chi connectivity index (χ1n) is 19.6. The number of imidazole rings is 1. The van der Waals surface area contributed by atoms with Crippen LogP contribution in [-0.2, 0) is 5.21 Å². The molecule has 12 heteroatoms. The van der Waals surface area contributed by atoms with E-state index in [4.69, 9.17) is 4.98 Å². The Morgan fingerprint density at radius 3 is 1.61 bits per heavy atom. The number of para-hydroxylation sites is 2. The minimum atomic E-state index is -1.04. The van der Waals surface area contributed by atoms with Gasteiger partial charge < -0.3 is 15.3 Å². The van der Waals surface area contributed by atoms with Gasteiger partial charge in [0.1, 0.15) is 72.2 Å². The van der Waals surface area contributed by atoms with Crippen molar-refractivity contribution in [3.8, 4) is 50.6 Å². The van der Waals surface area contributed by atoms with Crippen LogP contribution in [0.25, 0.3) is 82.4 Å². The van der Waals surface area contributed by atoms with Gasteiger partial charge in [-0.3, -0.25) is 4.57 Å². The topological polar surface area (TPSA) is 78.5 Å². The van der Waals surface area contributed by atoms with Gasteiger partial charge in [0.15, 0.2) is 0 Å². The van der Waals surface area contributed by atoms with Gasteiger partial charge >= 0.3 is 0 Å². The summed E-state index contributed by atoms with van der Waals surface area (Å²) in [6, 6.07) is 46.8. The van der Waals surface area contributed by atoms with E-state index in [1.165, 1.54) is 0 Å². The maximum absolute atomic E-state index is 11.5. The molecule has 0 aliphatic rings. The predicted molar refractivity (Wildman–Crippen MR) is 259 cm³/mol. The molecule has 0 amide bonds. The highest BCUT2D eigenvalue weighted by molar-refractivity contribution is 6.55. The summed E-state index contributed by atoms with van der Waals surface area (Å²) in [7, 11) is 13.4. The third-order valence-corrected chi connectivity index (χ3v) is 12.7. The Labute approximate surface area is 338 Å². The molecule has 0 atom stereocenters. The summed E-state index contributed by atoms with van der Waals surface area (Å²) in [6.07, 6.45) is 0. The molecule has 0 radical (unpaired) electrons. The van der Waals surface area contributed by atoms with Crippen LogP contribution in [-0.4, -0.2) is 85.2 Å². The van der Waals surface area contributed by atoms with Crippen molar-refractivity contribution in [1.82, 2.24) is 9.55 Å². The van der Waals surface area contributed by atoms with Crippen LogP contribution in [0.3, 0.4) is 0 Å². The van der Waals surface area contributed by atoms with E-state index in [0.717, 1.165) is 82.7 Å². The Morgan fingerprint density at radius 2 is 1.00 bits per heavy atom. The molecule has 1 heterocycles. The molecular formula is C45H39B7N2O3. The number of phenolic OH excluding ortho intramolecular Hbond substituents is 2. The lowest BCUT2D eigenvalue weighted by atomic mass is 9.35. The molecule has 0 unspecified atom stereocenters. The SMILES string of the molecule is Bc1c(B)c(O)c(-c2cccc(-c3c4ccccc4c(-c4ccc(-n5c(C(B)(B)C(B)(B)O)nc6ccccc65)c5ccccc45)c4ccccc34)c2)c(B)c1O. The average Bonchev–Trinajstić information content (AvgIpc) is 3.61. The van der Waals surface area contributed by atoms with Gasteiger partial charge in [-0.05, 0) is 95.1 Å². The second-order valence-corrected chi connectivity index (χ2v) is 16.5. The van der Waals surface area contributed by atoms with Gasteiger partial charge in [-0.25, -0.2) is 4.98 Å². The lowest BCUT2D eigenvalue weighted by molar-refractivity contribution is 0.189. The number of aromatic hydroxyl groups is 2. The van der Waals surface area contributed by atoms with Crippen molar-refractivity contribution in [2.75, 3.05) is 0 Å². The Balaban J connectivity index is 1.32. The number of aromatic nitrogens is 2. The van der Waals surface area contributed by atoms with Crippen LogP contribution in [0.5, 0.6) is 11.5 Å². The van der Waals surface area contributed by atoms with Crippen molar-refractivity contribution < 1.29 is 15.3 Å². The fourth-order valence-corrected chi connectivity index (χ4v) is 8.69. The highest BCUT2D eigenvalue weighted by Gasteiger charge is 2.40. The molecule has 0 saturated heterocycles. The van der Waals surface area contributed by atoms with E-state index in [-0.39, 0.29) is 11.5 Å². The smallest absolute Gasteiger partial charge is 0.145 e. The van der Waals surface area contributed by atoms with Gasteiger partial charge in [0.2, 0.25) is 0 Å². The van der Waals surface area contributed by atoms with Gasteiger partial charge in [0.05, 0.1) is 16.7 Å². The van der Waals surface area contributed by atoms with Crippen LogP contribution in [0.15, 0.2) is 133 Å². The molecule has 0 aliphatic carbocycles. The molecule has 8 aromatic carbocycles. The first kappa shape index (κ1) is 36.7. The van der Waals surface area contributed by atoms with Crippen molar-refractivity contribution >= 4 is 115 Å². The normalized spacial score (nSPS) is 12.2. The molecule has 0 bridgehead atoms. The first-order chi connectivity index (χ1) is 27.3. The van der Waals surface area contributed by atoms with Crippen molar-refractivity contribution in [3.63, 3.8) is 0 Å². The molecule has 5 nitrogen and oxygen atoms in total. The van der Waals surface area contributed by atoms with Crippen LogP contribution in [0.4, 0.5) is 0 Å². The van der Waals surface area contributed by atoms with Gasteiger partial charge in [0.25, 0.3) is 0 Å². The van der Waals surface area contributed by atoms with Crippen LogP contribution < -0.4 is 16.4 Å². The van der Waals surface area contributed by atoms with Gasteiger partial charge in [-0.1, -0.05) is 120 Å². The number of phenols is 2. The molecule has 57 heavy (non-hydrogen) atoms. The van der Waals surface area contributed by atoms with Crippen molar-refractivity contribution in [1.29, 1.82) is 0 Å². The summed E-state index contributed by atoms with van der Waals surface area (Å²) in [6.45, 7) is 0. The predicted octanol–water partition coefficient (Wildman–Crippen LogP) is 1.00. The summed E-state index contributed by atoms with van der Waals surface area (Å²) in [5.74, 6) is 1.21. The lowest BCUT2D eigenvalue weighted by Crippen LogP contribution is -2.55. The Morgan fingerprint density at radius 1 is 0.491 bits per heavy atom. The van der Waals surface area contributed by atoms with Crippen LogP contribution in [0.2, 0.25) is 0 Å². The van der Waals surface area contributed by atoms with Gasteiger partial charge in [-0.15, -0.1) is 0 Å². The van der Waals surface area contributed by atoms with Gasteiger partial charge in [-0.2, -0.15) is 0 Å². The number of hydrogen-bond donors (Lipinski definition) is 3. The monoisotopic (exact) mass is 732 g/mol. The molecule has 3 N–H and O–H groups in total. The summed E-state index contributed by atoms with van der Waals surface area (Å²) in [5, 5.41) is 38.8. The van der Waals surface area contributed by atoms with E-state index >= 15 is 0 Å². The highest BCUT2D eigenvalue weighted by Crippen LogP contribution is 2.47. The fraction of sp³-hybridized carbons (Fsp3) is 0.0444. The number of aliphatic hydroxyl groups is 1. The zero-order valence-electron chi connectivity index (χ0n) is 33.4. The van der Waals surface area contributed by atoms with Crippen molar-refractivity contribution in [3.05, 3.63) is 139 Å². The highest BCUT2D eigenvalue weighted by atomic mass is 16.3. The third-order valence-electron chi connectivity index (χ3n) is 12.7. The fourth-order valence-electron chi connectivity index (χ4n) is 8.69. The van der Waals surface area contributed by atoms with E-state index in [0.29, 0.717) is 22.0 Å². The standard InChI is InChI=1S/C45H39B7N2O3/c46-38-36(41(55)39(47)40(48)42(38)56)24-11-9-10-23(22-24)35-27-14-3-5-16-29(27)37(30-17-6-4-15-28(30)35)31-20-21-33(26-13-2-1-12-25(26)31)54-34-19-8-7-18-32(34)53-43(54)44(49,50)45(51,52)57/h1-22,55-57H,46-52H2. The Hall–Kier alpha value is -5.98. The number of rotatable bonds is 6. The summed E-state index contributed by atoms with van der Waals surface area (Å²) >= 11 is 0. The van der Waals surface area contributed by atoms with E-state index in [1.54, 1.807) is 0 Å². The molecule has 0 spiro atoms. The summed E-state index contributed by atoms with van der Waals surface area (Å²) < 4.78 is 2.24. The molecule has 0 fully saturated rings. The largest absolute Gasteiger partial charge is 0.509 e.